The molecule has 7 nitrogen and oxygen atoms in total. The molecule has 0 spiro atoms. The molecule has 3 heterocycles. The monoisotopic (exact) mass is 465 g/mol. The number of aromatic nitrogens is 1. The highest BCUT2D eigenvalue weighted by Crippen LogP contribution is 2.16. The number of piperazine rings is 1. The minimum absolute atomic E-state index is 0. The molecule has 2 fully saturated rings. The Hall–Kier alpha value is -0.940. The van der Waals surface area contributed by atoms with Crippen LogP contribution in [-0.2, 0) is 16.1 Å². The molecule has 2 saturated heterocycles. The van der Waals surface area contributed by atoms with Crippen LogP contribution in [0.2, 0.25) is 0 Å². The quantitative estimate of drug-likeness (QED) is 0.412. The molecule has 134 valence electrons. The molecule has 0 aliphatic carbocycles. The number of rotatable bonds is 3. The summed E-state index contributed by atoms with van der Waals surface area (Å²) < 4.78 is 5.50. The van der Waals surface area contributed by atoms with Crippen molar-refractivity contribution in [2.75, 3.05) is 39.8 Å². The number of ether oxygens (including phenoxy) is 1. The van der Waals surface area contributed by atoms with E-state index in [4.69, 9.17) is 4.74 Å². The number of thiazole rings is 1. The maximum atomic E-state index is 12.4. The molecule has 1 atom stereocenters. The Kier molecular flexibility index (Phi) is 7.69. The zero-order valence-corrected chi connectivity index (χ0v) is 17.0. The molecule has 0 radical (unpaired) electrons. The summed E-state index contributed by atoms with van der Waals surface area (Å²) in [4.78, 5) is 25.1. The van der Waals surface area contributed by atoms with Gasteiger partial charge in [0.15, 0.2) is 5.96 Å². The molecule has 0 saturated carbocycles. The number of carbonyl (C=O) groups excluding carboxylic acids is 1. The summed E-state index contributed by atoms with van der Waals surface area (Å²) in [5.74, 6) is 1.01. The van der Waals surface area contributed by atoms with Gasteiger partial charge in [-0.2, -0.15) is 0 Å². The molecule has 24 heavy (non-hydrogen) atoms. The van der Waals surface area contributed by atoms with Crippen molar-refractivity contribution in [1.82, 2.24) is 20.1 Å². The van der Waals surface area contributed by atoms with E-state index >= 15 is 0 Å². The van der Waals surface area contributed by atoms with Gasteiger partial charge < -0.3 is 19.9 Å². The fraction of sp³-hybridized carbons (Fsp3) is 0.667. The molecule has 0 bridgehead atoms. The van der Waals surface area contributed by atoms with Gasteiger partial charge in [-0.1, -0.05) is 0 Å². The molecule has 0 aromatic carbocycles. The van der Waals surface area contributed by atoms with Gasteiger partial charge in [0.25, 0.3) is 5.91 Å². The molecule has 1 amide bonds. The summed E-state index contributed by atoms with van der Waals surface area (Å²) in [7, 11) is 1.79. The van der Waals surface area contributed by atoms with Gasteiger partial charge >= 0.3 is 0 Å². The van der Waals surface area contributed by atoms with Gasteiger partial charge in [-0.3, -0.25) is 9.79 Å². The lowest BCUT2D eigenvalue weighted by Crippen LogP contribution is -2.55. The second kappa shape index (κ2) is 9.52. The summed E-state index contributed by atoms with van der Waals surface area (Å²) in [6.45, 7) is 4.41. The summed E-state index contributed by atoms with van der Waals surface area (Å²) in [6.07, 6.45) is 3.43. The first-order valence-corrected chi connectivity index (χ1v) is 8.90. The van der Waals surface area contributed by atoms with Crippen molar-refractivity contribution >= 4 is 47.2 Å². The van der Waals surface area contributed by atoms with E-state index in [1.807, 2.05) is 10.3 Å². The van der Waals surface area contributed by atoms with Crippen LogP contribution in [0.4, 0.5) is 0 Å². The summed E-state index contributed by atoms with van der Waals surface area (Å²) in [6, 6.07) is 0. The maximum absolute atomic E-state index is 12.4. The van der Waals surface area contributed by atoms with Crippen LogP contribution in [0.25, 0.3) is 0 Å². The van der Waals surface area contributed by atoms with Gasteiger partial charge in [0.2, 0.25) is 0 Å². The van der Waals surface area contributed by atoms with Gasteiger partial charge in [-0.25, -0.2) is 4.98 Å². The SMILES string of the molecule is CN=C(NCc1nccs1)N1CCN(C(=O)C2CCCO2)CC1.I. The van der Waals surface area contributed by atoms with Crippen LogP contribution in [0.15, 0.2) is 16.6 Å². The van der Waals surface area contributed by atoms with Crippen molar-refractivity contribution in [3.05, 3.63) is 16.6 Å². The maximum Gasteiger partial charge on any atom is 0.251 e. The van der Waals surface area contributed by atoms with Crippen molar-refractivity contribution in [3.63, 3.8) is 0 Å². The Bertz CT molecular complexity index is 540. The van der Waals surface area contributed by atoms with E-state index < -0.39 is 0 Å². The van der Waals surface area contributed by atoms with Crippen LogP contribution in [0, 0.1) is 0 Å². The largest absolute Gasteiger partial charge is 0.368 e. The first kappa shape index (κ1) is 19.4. The topological polar surface area (TPSA) is 70.1 Å². The normalized spacial score (nSPS) is 21.5. The Balaban J connectivity index is 0.00000208. The summed E-state index contributed by atoms with van der Waals surface area (Å²) in [5.41, 5.74) is 0. The lowest BCUT2D eigenvalue weighted by Gasteiger charge is -2.37. The van der Waals surface area contributed by atoms with E-state index in [-0.39, 0.29) is 36.0 Å². The highest BCUT2D eigenvalue weighted by molar-refractivity contribution is 14.0. The number of amides is 1. The molecule has 1 aromatic rings. The van der Waals surface area contributed by atoms with Gasteiger partial charge in [0, 0.05) is 51.4 Å². The third kappa shape index (κ3) is 4.79. The molecule has 1 N–H and O–H groups in total. The predicted molar refractivity (Wildman–Crippen MR) is 105 cm³/mol. The Morgan fingerprint density at radius 1 is 1.42 bits per heavy atom. The number of guanidine groups is 1. The second-order valence-corrected chi connectivity index (χ2v) is 6.62. The number of nitrogens with zero attached hydrogens (tertiary/aromatic N) is 4. The van der Waals surface area contributed by atoms with E-state index in [1.165, 1.54) is 0 Å². The van der Waals surface area contributed by atoms with Crippen molar-refractivity contribution in [2.24, 2.45) is 4.99 Å². The molecule has 1 unspecified atom stereocenters. The van der Waals surface area contributed by atoms with Gasteiger partial charge in [0.05, 0.1) is 6.54 Å². The van der Waals surface area contributed by atoms with Crippen LogP contribution >= 0.6 is 35.3 Å². The minimum atomic E-state index is -0.219. The molecule has 3 rings (SSSR count). The third-order valence-corrected chi connectivity index (χ3v) is 4.97. The third-order valence-electron chi connectivity index (χ3n) is 4.19. The number of aliphatic imine (C=N–C) groups is 1. The first-order valence-electron chi connectivity index (χ1n) is 8.02. The van der Waals surface area contributed by atoms with E-state index in [2.05, 4.69) is 20.2 Å². The fourth-order valence-corrected chi connectivity index (χ4v) is 3.50. The van der Waals surface area contributed by atoms with E-state index in [1.54, 1.807) is 24.6 Å². The molecular weight excluding hydrogens is 441 g/mol. The molecule has 1 aromatic heterocycles. The lowest BCUT2D eigenvalue weighted by atomic mass is 10.2. The number of halogens is 1. The van der Waals surface area contributed by atoms with Crippen LogP contribution in [0.1, 0.15) is 17.8 Å². The van der Waals surface area contributed by atoms with E-state index in [0.717, 1.165) is 50.0 Å². The van der Waals surface area contributed by atoms with Crippen molar-refractivity contribution < 1.29 is 9.53 Å². The zero-order chi connectivity index (χ0) is 16.1. The molecule has 2 aliphatic heterocycles. The number of hydrogen-bond acceptors (Lipinski definition) is 5. The average Bonchev–Trinajstić information content (AvgIpc) is 3.29. The Morgan fingerprint density at radius 3 is 2.75 bits per heavy atom. The molecular formula is C15H24IN5O2S. The molecule has 9 heteroatoms. The lowest BCUT2D eigenvalue weighted by molar-refractivity contribution is -0.142. The second-order valence-electron chi connectivity index (χ2n) is 5.64. The van der Waals surface area contributed by atoms with Crippen LogP contribution in [0.5, 0.6) is 0 Å². The highest BCUT2D eigenvalue weighted by Gasteiger charge is 2.30. The summed E-state index contributed by atoms with van der Waals surface area (Å²) in [5, 5.41) is 6.34. The molecule has 2 aliphatic rings. The van der Waals surface area contributed by atoms with E-state index in [9.17, 15) is 4.79 Å². The van der Waals surface area contributed by atoms with Crippen molar-refractivity contribution in [2.45, 2.75) is 25.5 Å². The fourth-order valence-electron chi connectivity index (χ4n) is 2.94. The van der Waals surface area contributed by atoms with Gasteiger partial charge in [-0.15, -0.1) is 35.3 Å². The standard InChI is InChI=1S/C15H23N5O2S.HI/c1-16-15(18-11-13-17-4-10-23-13)20-7-5-19(6-8-20)14(21)12-3-2-9-22-12;/h4,10,12H,2-3,5-9,11H2,1H3,(H,16,18);1H. The smallest absolute Gasteiger partial charge is 0.251 e. The van der Waals surface area contributed by atoms with Crippen LogP contribution in [0.3, 0.4) is 0 Å². The first-order chi connectivity index (χ1) is 11.3. The number of nitrogens with one attached hydrogen (secondary N) is 1. The number of carbonyl (C=O) groups is 1. The Morgan fingerprint density at radius 2 is 2.17 bits per heavy atom. The average molecular weight is 465 g/mol. The number of hydrogen-bond donors (Lipinski definition) is 1. The summed E-state index contributed by atoms with van der Waals surface area (Å²) >= 11 is 1.63. The van der Waals surface area contributed by atoms with E-state index in [0.29, 0.717) is 13.2 Å². The van der Waals surface area contributed by atoms with Crippen molar-refractivity contribution in [3.8, 4) is 0 Å². The Labute approximate surface area is 163 Å². The van der Waals surface area contributed by atoms with Crippen LogP contribution in [-0.4, -0.2) is 72.6 Å². The van der Waals surface area contributed by atoms with Crippen molar-refractivity contribution in [1.29, 1.82) is 0 Å². The zero-order valence-electron chi connectivity index (χ0n) is 13.8. The highest BCUT2D eigenvalue weighted by atomic mass is 127. The minimum Gasteiger partial charge on any atom is -0.368 e. The van der Waals surface area contributed by atoms with Gasteiger partial charge in [0.1, 0.15) is 11.1 Å². The van der Waals surface area contributed by atoms with Crippen LogP contribution < -0.4 is 5.32 Å². The van der Waals surface area contributed by atoms with Gasteiger partial charge in [-0.05, 0) is 12.8 Å². The predicted octanol–water partition coefficient (Wildman–Crippen LogP) is 1.16.